The molecule has 0 rings (SSSR count). The van der Waals surface area contributed by atoms with Crippen molar-refractivity contribution in [2.24, 2.45) is 3.34 Å². The second-order valence-electron chi connectivity index (χ2n) is 5.11. The Labute approximate surface area is 91.0 Å². The van der Waals surface area contributed by atoms with Gasteiger partial charge in [0.05, 0.1) is 0 Å². The van der Waals surface area contributed by atoms with Gasteiger partial charge in [-0.2, -0.15) is 0 Å². The number of nitrogens with zero attached hydrogens (tertiary/aromatic N) is 1. The summed E-state index contributed by atoms with van der Waals surface area (Å²) in [7, 11) is 2.12. The van der Waals surface area contributed by atoms with Crippen molar-refractivity contribution in [3.8, 4) is 0 Å². The van der Waals surface area contributed by atoms with Gasteiger partial charge in [0.15, 0.2) is 0 Å². The van der Waals surface area contributed by atoms with E-state index < -0.39 is 15.9 Å². The first-order chi connectivity index (χ1) is 6.26. The number of hydrogen-bond acceptors (Lipinski definition) is 1. The zero-order valence-electron chi connectivity index (χ0n) is 11.0. The van der Waals surface area contributed by atoms with Crippen LogP contribution in [0, 0.1) is 0 Å². The standard InChI is InChI=1S/C4H9N.3C2H5.CH4N.Nb/c1-4(2,3)5;4*1-2;/h1-3H3;3*1H2,2H3;2H,1H3;/q;;;;-1;+1. The van der Waals surface area contributed by atoms with Crippen LogP contribution in [0.3, 0.4) is 0 Å². The molecule has 0 radical (unpaired) electrons. The van der Waals surface area contributed by atoms with E-state index in [2.05, 4.69) is 52.3 Å². The SMILES string of the molecule is C[CH2][Nb]([CH2]C)([CH2]C)(=[N]C(C)(C)C)[NH]C. The molecule has 0 aromatic rings. The summed E-state index contributed by atoms with van der Waals surface area (Å²) < 4.78 is 12.6. The van der Waals surface area contributed by atoms with Gasteiger partial charge >= 0.3 is 91.0 Å². The van der Waals surface area contributed by atoms with E-state index in [0.29, 0.717) is 0 Å². The molecule has 1 N–H and O–H groups in total. The van der Waals surface area contributed by atoms with Gasteiger partial charge in [-0.15, -0.1) is 0 Å². The molecule has 2 nitrogen and oxygen atoms in total. The van der Waals surface area contributed by atoms with Crippen molar-refractivity contribution in [3.63, 3.8) is 0 Å². The van der Waals surface area contributed by atoms with Gasteiger partial charge in [-0.1, -0.05) is 0 Å². The first-order valence-electron chi connectivity index (χ1n) is 5.72. The molecule has 0 atom stereocenters. The van der Waals surface area contributed by atoms with Crippen molar-refractivity contribution in [2.45, 2.75) is 61.0 Å². The molecule has 0 heterocycles. The van der Waals surface area contributed by atoms with Crippen molar-refractivity contribution in [2.75, 3.05) is 7.05 Å². The summed E-state index contributed by atoms with van der Waals surface area (Å²) in [5.41, 5.74) is 0.104. The second kappa shape index (κ2) is 4.56. The zero-order valence-corrected chi connectivity index (χ0v) is 13.2. The van der Waals surface area contributed by atoms with E-state index >= 15 is 0 Å². The molecule has 0 bridgehead atoms. The van der Waals surface area contributed by atoms with Crippen molar-refractivity contribution in [1.29, 1.82) is 0 Å². The Balaban J connectivity index is 5.59. The fourth-order valence-corrected chi connectivity index (χ4v) is 13.0. The molecule has 0 unspecified atom stereocenters. The molecule has 0 amide bonds. The fourth-order valence-electron chi connectivity index (χ4n) is 2.19. The molecule has 14 heavy (non-hydrogen) atoms. The Morgan fingerprint density at radius 1 is 1.00 bits per heavy atom. The maximum absolute atomic E-state index is 5.24. The van der Waals surface area contributed by atoms with Gasteiger partial charge in [0, 0.05) is 0 Å². The maximum atomic E-state index is 5.24. The predicted molar refractivity (Wildman–Crippen MR) is 62.7 cm³/mol. The summed E-state index contributed by atoms with van der Waals surface area (Å²) in [6.45, 7) is 13.6. The predicted octanol–water partition coefficient (Wildman–Crippen LogP) is 4.11. The van der Waals surface area contributed by atoms with E-state index in [0.717, 1.165) is 0 Å². The first kappa shape index (κ1) is 14.5. The van der Waals surface area contributed by atoms with Gasteiger partial charge < -0.3 is 0 Å². The van der Waals surface area contributed by atoms with E-state index in [4.69, 9.17) is 3.34 Å². The number of rotatable bonds is 4. The van der Waals surface area contributed by atoms with Crippen LogP contribution in [-0.2, 0) is 15.9 Å². The molecule has 0 aromatic heterocycles. The normalized spacial score (nSPS) is 16.1. The molecule has 0 saturated carbocycles. The second-order valence-corrected chi connectivity index (χ2v) is 19.6. The van der Waals surface area contributed by atoms with Crippen molar-refractivity contribution in [1.82, 2.24) is 3.72 Å². The zero-order chi connectivity index (χ0) is 11.5. The molecular formula is C11H28N2Nb. The number of hydrogen-bond donors (Lipinski definition) is 1. The summed E-state index contributed by atoms with van der Waals surface area (Å²) >= 11 is -2.83. The van der Waals surface area contributed by atoms with Crippen molar-refractivity contribution < 1.29 is 15.9 Å². The third-order valence-electron chi connectivity index (χ3n) is 3.38. The Bertz CT molecular complexity index is 211. The fraction of sp³-hybridized carbons (Fsp3) is 1.00. The Morgan fingerprint density at radius 2 is 1.36 bits per heavy atom. The minimum atomic E-state index is -2.83. The van der Waals surface area contributed by atoms with Crippen LogP contribution in [0.5, 0.6) is 0 Å². The summed E-state index contributed by atoms with van der Waals surface area (Å²) in [5.74, 6) is 0. The van der Waals surface area contributed by atoms with Gasteiger partial charge in [-0.3, -0.25) is 0 Å². The molecule has 3 heteroatoms. The Morgan fingerprint density at radius 3 is 1.43 bits per heavy atom. The first-order valence-corrected chi connectivity index (χ1v) is 12.5. The van der Waals surface area contributed by atoms with E-state index in [1.54, 1.807) is 0 Å². The average molecular weight is 281 g/mol. The molecule has 0 saturated heterocycles. The third-order valence-corrected chi connectivity index (χ3v) is 20.0. The van der Waals surface area contributed by atoms with Crippen LogP contribution < -0.4 is 3.72 Å². The van der Waals surface area contributed by atoms with Gasteiger partial charge in [0.1, 0.15) is 0 Å². The van der Waals surface area contributed by atoms with Crippen molar-refractivity contribution >= 4 is 0 Å². The molecule has 0 aliphatic rings. The molecule has 0 spiro atoms. The average Bonchev–Trinajstić information content (AvgIpc) is 2.14. The topological polar surface area (TPSA) is 24.4 Å². The molecule has 0 aliphatic carbocycles. The van der Waals surface area contributed by atoms with Crippen LogP contribution in [0.4, 0.5) is 0 Å². The van der Waals surface area contributed by atoms with Gasteiger partial charge in [0.2, 0.25) is 0 Å². The van der Waals surface area contributed by atoms with Crippen LogP contribution in [0.1, 0.15) is 41.5 Å². The van der Waals surface area contributed by atoms with Crippen molar-refractivity contribution in [3.05, 3.63) is 0 Å². The summed E-state index contributed by atoms with van der Waals surface area (Å²) in [6, 6.07) is 0. The summed E-state index contributed by atoms with van der Waals surface area (Å²) in [6.07, 6.45) is 0. The van der Waals surface area contributed by atoms with Gasteiger partial charge in [-0.05, 0) is 0 Å². The van der Waals surface area contributed by atoms with E-state index in [9.17, 15) is 0 Å². The third kappa shape index (κ3) is 2.99. The van der Waals surface area contributed by atoms with Gasteiger partial charge in [-0.25, -0.2) is 0 Å². The molecule has 87 valence electrons. The van der Waals surface area contributed by atoms with Crippen LogP contribution in [-0.4, -0.2) is 12.6 Å². The minimum absolute atomic E-state index is 0.104. The molecular weight excluding hydrogens is 253 g/mol. The van der Waals surface area contributed by atoms with E-state index in [1.807, 2.05) is 0 Å². The quantitative estimate of drug-likeness (QED) is 0.771. The molecule has 0 aliphatic heterocycles. The summed E-state index contributed by atoms with van der Waals surface area (Å²) in [4.78, 5) is 0. The molecule has 0 aromatic carbocycles. The Hall–Kier alpha value is 0.500. The number of nitrogens with one attached hydrogen (secondary N) is 1. The van der Waals surface area contributed by atoms with Crippen LogP contribution in [0.15, 0.2) is 3.34 Å². The van der Waals surface area contributed by atoms with Crippen LogP contribution >= 0.6 is 0 Å². The van der Waals surface area contributed by atoms with E-state index in [-0.39, 0.29) is 5.54 Å². The van der Waals surface area contributed by atoms with Crippen LogP contribution in [0.25, 0.3) is 0 Å². The Kier molecular flexibility index (Phi) is 4.73. The van der Waals surface area contributed by atoms with E-state index in [1.165, 1.54) is 13.9 Å². The van der Waals surface area contributed by atoms with Crippen LogP contribution in [0.2, 0.25) is 13.9 Å². The van der Waals surface area contributed by atoms with Gasteiger partial charge in [0.25, 0.3) is 0 Å². The monoisotopic (exact) mass is 281 g/mol. The molecule has 0 fully saturated rings. The summed E-state index contributed by atoms with van der Waals surface area (Å²) in [5, 5.41) is 0.